The molecule has 2 aliphatic heterocycles. The van der Waals surface area contributed by atoms with E-state index in [1.165, 1.54) is 18.2 Å². The fourth-order valence-corrected chi connectivity index (χ4v) is 3.17. The van der Waals surface area contributed by atoms with E-state index in [0.29, 0.717) is 12.5 Å². The lowest BCUT2D eigenvalue weighted by Gasteiger charge is -2.19. The second-order valence-electron chi connectivity index (χ2n) is 5.76. The van der Waals surface area contributed by atoms with Crippen molar-refractivity contribution >= 4 is 11.9 Å². The van der Waals surface area contributed by atoms with Crippen LogP contribution in [0.15, 0.2) is 36.5 Å². The number of nitrogens with zero attached hydrogens (tertiary/aromatic N) is 1. The Morgan fingerprint density at radius 1 is 1.19 bits per heavy atom. The van der Waals surface area contributed by atoms with Crippen molar-refractivity contribution in [1.29, 1.82) is 0 Å². The minimum absolute atomic E-state index is 0.187. The van der Waals surface area contributed by atoms with Gasteiger partial charge in [0.2, 0.25) is 0 Å². The lowest BCUT2D eigenvalue weighted by Crippen LogP contribution is -2.19. The monoisotopic (exact) mass is 283 g/mol. The Bertz CT molecular complexity index is 679. The molecule has 1 aromatic carbocycles. The maximum absolute atomic E-state index is 13.3. The minimum atomic E-state index is -0.187. The smallest absolute Gasteiger partial charge is 0.141 e. The van der Waals surface area contributed by atoms with Gasteiger partial charge in [-0.05, 0) is 36.1 Å². The third-order valence-corrected chi connectivity index (χ3v) is 4.38. The zero-order valence-electron chi connectivity index (χ0n) is 11.8. The Kier molecular flexibility index (Phi) is 3.04. The van der Waals surface area contributed by atoms with Gasteiger partial charge < -0.3 is 15.2 Å². The highest BCUT2D eigenvalue weighted by atomic mass is 19.1. The van der Waals surface area contributed by atoms with Crippen LogP contribution >= 0.6 is 0 Å². The third-order valence-electron chi connectivity index (χ3n) is 4.38. The molecular formula is C17H18FN3. The van der Waals surface area contributed by atoms with Gasteiger partial charge in [-0.1, -0.05) is 24.3 Å². The molecule has 21 heavy (non-hydrogen) atoms. The topological polar surface area (TPSA) is 29.0 Å². The molecule has 3 nitrogen and oxygen atoms in total. The van der Waals surface area contributed by atoms with E-state index in [2.05, 4.69) is 34.9 Å². The quantitative estimate of drug-likeness (QED) is 0.887. The van der Waals surface area contributed by atoms with Gasteiger partial charge >= 0.3 is 0 Å². The van der Waals surface area contributed by atoms with Gasteiger partial charge in [-0.2, -0.15) is 0 Å². The SMILES string of the molecule is Fc1cc2n(c1)C=C(c1ccc(C3CCNC3)cc1)NC2. The van der Waals surface area contributed by atoms with Crippen molar-refractivity contribution in [3.05, 3.63) is 59.2 Å². The van der Waals surface area contributed by atoms with Crippen molar-refractivity contribution in [2.24, 2.45) is 0 Å². The molecule has 0 spiro atoms. The van der Waals surface area contributed by atoms with Crippen LogP contribution in [0.1, 0.15) is 29.2 Å². The van der Waals surface area contributed by atoms with Crippen molar-refractivity contribution in [3.63, 3.8) is 0 Å². The van der Waals surface area contributed by atoms with Gasteiger partial charge in [0, 0.05) is 24.6 Å². The molecule has 0 radical (unpaired) electrons. The van der Waals surface area contributed by atoms with Gasteiger partial charge in [-0.3, -0.25) is 0 Å². The zero-order chi connectivity index (χ0) is 14.2. The second kappa shape index (κ2) is 5.04. The van der Waals surface area contributed by atoms with E-state index in [0.717, 1.165) is 30.0 Å². The van der Waals surface area contributed by atoms with E-state index in [1.807, 2.05) is 10.8 Å². The second-order valence-corrected chi connectivity index (χ2v) is 5.76. The summed E-state index contributed by atoms with van der Waals surface area (Å²) >= 11 is 0. The van der Waals surface area contributed by atoms with Crippen LogP contribution in [0.25, 0.3) is 11.9 Å². The standard InChI is InChI=1S/C17H18FN3/c18-15-7-16-9-20-17(11-21(16)10-15)13-3-1-12(2-4-13)14-5-6-19-8-14/h1-4,7,10-11,14,19-20H,5-6,8-9H2. The highest BCUT2D eigenvalue weighted by Crippen LogP contribution is 2.25. The first-order valence-corrected chi connectivity index (χ1v) is 7.42. The molecule has 1 atom stereocenters. The molecule has 0 bridgehead atoms. The number of hydrogen-bond donors (Lipinski definition) is 2. The molecule has 2 aliphatic rings. The summed E-state index contributed by atoms with van der Waals surface area (Å²) in [6, 6.07) is 10.3. The largest absolute Gasteiger partial charge is 0.378 e. The first kappa shape index (κ1) is 12.7. The van der Waals surface area contributed by atoms with Crippen LogP contribution in [0.5, 0.6) is 0 Å². The molecule has 0 saturated carbocycles. The van der Waals surface area contributed by atoms with Crippen LogP contribution in [-0.4, -0.2) is 17.7 Å². The summed E-state index contributed by atoms with van der Waals surface area (Å²) < 4.78 is 15.1. The van der Waals surface area contributed by atoms with Gasteiger partial charge in [-0.25, -0.2) is 4.39 Å². The lowest BCUT2D eigenvalue weighted by atomic mass is 9.97. The number of rotatable bonds is 2. The molecule has 3 heterocycles. The van der Waals surface area contributed by atoms with Gasteiger partial charge in [0.25, 0.3) is 0 Å². The molecule has 1 saturated heterocycles. The van der Waals surface area contributed by atoms with Crippen molar-refractivity contribution < 1.29 is 4.39 Å². The molecule has 4 heteroatoms. The molecule has 0 amide bonds. The predicted octanol–water partition coefficient (Wildman–Crippen LogP) is 2.76. The van der Waals surface area contributed by atoms with E-state index in [9.17, 15) is 4.39 Å². The lowest BCUT2D eigenvalue weighted by molar-refractivity contribution is 0.628. The Labute approximate surface area is 123 Å². The van der Waals surface area contributed by atoms with E-state index >= 15 is 0 Å². The van der Waals surface area contributed by atoms with Crippen LogP contribution in [0.2, 0.25) is 0 Å². The van der Waals surface area contributed by atoms with Gasteiger partial charge in [0.05, 0.1) is 12.2 Å². The van der Waals surface area contributed by atoms with Crippen LogP contribution < -0.4 is 10.6 Å². The van der Waals surface area contributed by atoms with Crippen LogP contribution in [0, 0.1) is 5.82 Å². The minimum Gasteiger partial charge on any atom is -0.378 e. The zero-order valence-corrected chi connectivity index (χ0v) is 11.8. The molecule has 1 unspecified atom stereocenters. The number of aromatic nitrogens is 1. The average Bonchev–Trinajstić information content (AvgIpc) is 3.15. The fourth-order valence-electron chi connectivity index (χ4n) is 3.17. The van der Waals surface area contributed by atoms with Gasteiger partial charge in [0.1, 0.15) is 5.82 Å². The molecule has 108 valence electrons. The van der Waals surface area contributed by atoms with Crippen molar-refractivity contribution in [3.8, 4) is 0 Å². The maximum Gasteiger partial charge on any atom is 0.141 e. The summed E-state index contributed by atoms with van der Waals surface area (Å²) in [6.07, 6.45) is 4.69. The molecule has 0 aliphatic carbocycles. The van der Waals surface area contributed by atoms with E-state index in [-0.39, 0.29) is 5.82 Å². The third kappa shape index (κ3) is 2.36. The van der Waals surface area contributed by atoms with Crippen molar-refractivity contribution in [1.82, 2.24) is 15.2 Å². The van der Waals surface area contributed by atoms with Crippen molar-refractivity contribution in [2.45, 2.75) is 18.9 Å². The fraction of sp³-hybridized carbons (Fsp3) is 0.294. The summed E-state index contributed by atoms with van der Waals surface area (Å²) in [6.45, 7) is 2.84. The Morgan fingerprint density at radius 3 is 2.81 bits per heavy atom. The summed E-state index contributed by atoms with van der Waals surface area (Å²) in [7, 11) is 0. The van der Waals surface area contributed by atoms with E-state index < -0.39 is 0 Å². The average molecular weight is 283 g/mol. The molecule has 4 rings (SSSR count). The number of fused-ring (bicyclic) bond motifs is 1. The Morgan fingerprint density at radius 2 is 2.05 bits per heavy atom. The van der Waals surface area contributed by atoms with Crippen LogP contribution in [0.3, 0.4) is 0 Å². The summed E-state index contributed by atoms with van der Waals surface area (Å²) in [5, 5.41) is 6.75. The maximum atomic E-state index is 13.3. The molecule has 1 aromatic heterocycles. The molecule has 1 fully saturated rings. The first-order chi connectivity index (χ1) is 10.3. The van der Waals surface area contributed by atoms with Crippen molar-refractivity contribution in [2.75, 3.05) is 13.1 Å². The Balaban J connectivity index is 1.60. The number of halogens is 1. The van der Waals surface area contributed by atoms with Crippen LogP contribution in [0.4, 0.5) is 4.39 Å². The summed E-state index contributed by atoms with van der Waals surface area (Å²) in [4.78, 5) is 0. The van der Waals surface area contributed by atoms with Gasteiger partial charge in [0.15, 0.2) is 0 Å². The van der Waals surface area contributed by atoms with E-state index in [1.54, 1.807) is 6.07 Å². The molecule has 2 N–H and O–H groups in total. The number of hydrogen-bond acceptors (Lipinski definition) is 2. The number of nitrogens with one attached hydrogen (secondary N) is 2. The summed E-state index contributed by atoms with van der Waals surface area (Å²) in [5.74, 6) is 0.450. The molecule has 2 aromatic rings. The van der Waals surface area contributed by atoms with E-state index in [4.69, 9.17) is 0 Å². The van der Waals surface area contributed by atoms with Gasteiger partial charge in [-0.15, -0.1) is 0 Å². The predicted molar refractivity (Wildman–Crippen MR) is 82.1 cm³/mol. The normalized spacial score (nSPS) is 20.8. The first-order valence-electron chi connectivity index (χ1n) is 7.42. The Hall–Kier alpha value is -2.07. The highest BCUT2D eigenvalue weighted by Gasteiger charge is 2.17. The van der Waals surface area contributed by atoms with Crippen LogP contribution in [-0.2, 0) is 6.54 Å². The number of benzene rings is 1. The summed E-state index contributed by atoms with van der Waals surface area (Å²) in [5.41, 5.74) is 4.52. The highest BCUT2D eigenvalue weighted by molar-refractivity contribution is 5.75. The molecular weight excluding hydrogens is 265 g/mol.